The van der Waals surface area contributed by atoms with Gasteiger partial charge in [0.1, 0.15) is 5.03 Å². The predicted octanol–water partition coefficient (Wildman–Crippen LogP) is 1.49. The number of carboxylic acids is 1. The second-order valence-corrected chi connectivity index (χ2v) is 7.00. The van der Waals surface area contributed by atoms with Crippen LogP contribution in [0, 0.1) is 13.8 Å². The number of carbonyl (C=O) groups is 3. The number of aromatic nitrogens is 1. The number of anilines is 1. The van der Waals surface area contributed by atoms with Gasteiger partial charge in [-0.15, -0.1) is 0 Å². The molecule has 0 spiro atoms. The molecule has 2 amide bonds. The number of carboxylic acid groups (broad SMARTS) is 1. The molecular weight excluding hydrogens is 340 g/mol. The molecule has 0 N–H and O–H groups in total. The summed E-state index contributed by atoms with van der Waals surface area (Å²) in [5.41, 5.74) is 2.25. The Hall–Kier alpha value is -2.67. The Labute approximate surface area is 148 Å². The normalized spacial score (nSPS) is 17.2. The predicted molar refractivity (Wildman–Crippen MR) is 91.2 cm³/mol. The number of hydrogen-bond donors (Lipinski definition) is 0. The third-order valence-corrected chi connectivity index (χ3v) is 5.16. The van der Waals surface area contributed by atoms with Crippen molar-refractivity contribution in [2.75, 3.05) is 4.90 Å². The number of thioether (sulfide) groups is 1. The highest BCUT2D eigenvalue weighted by Crippen LogP contribution is 2.35. The van der Waals surface area contributed by atoms with Gasteiger partial charge in [0.05, 0.1) is 16.9 Å². The van der Waals surface area contributed by atoms with E-state index in [9.17, 15) is 19.5 Å². The Bertz CT molecular complexity index is 881. The lowest BCUT2D eigenvalue weighted by atomic mass is 10.1. The molecule has 25 heavy (non-hydrogen) atoms. The van der Waals surface area contributed by atoms with Gasteiger partial charge in [0.15, 0.2) is 0 Å². The van der Waals surface area contributed by atoms with E-state index in [1.165, 1.54) is 23.2 Å². The van der Waals surface area contributed by atoms with E-state index in [2.05, 4.69) is 4.98 Å². The summed E-state index contributed by atoms with van der Waals surface area (Å²) in [6.07, 6.45) is 1.44. The first kappa shape index (κ1) is 17.2. The van der Waals surface area contributed by atoms with Crippen LogP contribution >= 0.6 is 11.8 Å². The van der Waals surface area contributed by atoms with E-state index in [-0.39, 0.29) is 28.8 Å². The van der Waals surface area contributed by atoms with Gasteiger partial charge in [-0.1, -0.05) is 23.9 Å². The van der Waals surface area contributed by atoms with E-state index in [4.69, 9.17) is 0 Å². The van der Waals surface area contributed by atoms with Crippen molar-refractivity contribution in [3.8, 4) is 0 Å². The van der Waals surface area contributed by atoms with Crippen LogP contribution in [0.15, 0.2) is 41.6 Å². The Morgan fingerprint density at radius 2 is 2.04 bits per heavy atom. The molecule has 128 valence electrons. The molecule has 1 aromatic heterocycles. The largest absolute Gasteiger partial charge is 0.545 e. The summed E-state index contributed by atoms with van der Waals surface area (Å²) in [7, 11) is 0. The fraction of sp³-hybridized carbons (Fsp3) is 0.222. The highest BCUT2D eigenvalue weighted by molar-refractivity contribution is 8.00. The summed E-state index contributed by atoms with van der Waals surface area (Å²) in [5.74, 6) is -2.03. The minimum atomic E-state index is -1.36. The van der Waals surface area contributed by atoms with Gasteiger partial charge in [0, 0.05) is 18.2 Å². The lowest BCUT2D eigenvalue weighted by Crippen LogP contribution is -2.32. The summed E-state index contributed by atoms with van der Waals surface area (Å²) >= 11 is 0.983. The topological polar surface area (TPSA) is 90.4 Å². The summed E-state index contributed by atoms with van der Waals surface area (Å²) in [4.78, 5) is 41.5. The van der Waals surface area contributed by atoms with Crippen LogP contribution in [0.4, 0.5) is 5.69 Å². The molecule has 1 saturated heterocycles. The number of carbonyl (C=O) groups excluding carboxylic acids is 3. The van der Waals surface area contributed by atoms with Crippen LogP contribution < -0.4 is 10.0 Å². The number of pyridine rings is 1. The van der Waals surface area contributed by atoms with Crippen LogP contribution in [0.25, 0.3) is 0 Å². The van der Waals surface area contributed by atoms with Crippen molar-refractivity contribution in [2.45, 2.75) is 30.5 Å². The Balaban J connectivity index is 1.90. The molecule has 0 radical (unpaired) electrons. The molecule has 3 rings (SSSR count). The van der Waals surface area contributed by atoms with Crippen molar-refractivity contribution in [3.05, 3.63) is 53.2 Å². The summed E-state index contributed by atoms with van der Waals surface area (Å²) in [6.45, 7) is 3.73. The standard InChI is InChI=1S/C18H16N2O4S/c1-10-5-6-11(2)13(8-10)20-15(21)9-14(17(20)22)25-16-12(18(23)24)4-3-7-19-16/h3-8,14H,9H2,1-2H3,(H,23,24)/p-1/t14-/m0/s1. The molecule has 0 bridgehead atoms. The molecule has 1 aliphatic heterocycles. The second-order valence-electron chi connectivity index (χ2n) is 5.81. The molecule has 1 aliphatic rings. The maximum Gasteiger partial charge on any atom is 0.247 e. The monoisotopic (exact) mass is 355 g/mol. The quantitative estimate of drug-likeness (QED) is 0.772. The van der Waals surface area contributed by atoms with Gasteiger partial charge in [-0.25, -0.2) is 9.88 Å². The molecule has 1 aromatic carbocycles. The summed E-state index contributed by atoms with van der Waals surface area (Å²) < 4.78 is 0. The number of benzene rings is 1. The zero-order chi connectivity index (χ0) is 18.1. The van der Waals surface area contributed by atoms with Crippen LogP contribution in [0.1, 0.15) is 27.9 Å². The number of rotatable bonds is 4. The number of amides is 2. The van der Waals surface area contributed by atoms with Crippen LogP contribution in [-0.2, 0) is 9.59 Å². The average molecular weight is 355 g/mol. The minimum absolute atomic E-state index is 0.0000557. The van der Waals surface area contributed by atoms with Crippen molar-refractivity contribution >= 4 is 35.2 Å². The number of aromatic carboxylic acids is 1. The molecular formula is C18H15N2O4S-. The smallest absolute Gasteiger partial charge is 0.247 e. The fourth-order valence-corrected chi connectivity index (χ4v) is 3.79. The van der Waals surface area contributed by atoms with E-state index >= 15 is 0 Å². The van der Waals surface area contributed by atoms with Crippen LogP contribution in [0.5, 0.6) is 0 Å². The molecule has 1 fully saturated rings. The minimum Gasteiger partial charge on any atom is -0.545 e. The van der Waals surface area contributed by atoms with Gasteiger partial charge >= 0.3 is 0 Å². The number of aryl methyl sites for hydroxylation is 2. The summed E-state index contributed by atoms with van der Waals surface area (Å²) in [5, 5.41) is 10.7. The molecule has 0 aliphatic carbocycles. The lowest BCUT2D eigenvalue weighted by molar-refractivity contribution is -0.255. The van der Waals surface area contributed by atoms with E-state index in [0.717, 1.165) is 22.9 Å². The molecule has 7 heteroatoms. The summed E-state index contributed by atoms with van der Waals surface area (Å²) in [6, 6.07) is 8.42. The van der Waals surface area contributed by atoms with Gasteiger partial charge < -0.3 is 9.90 Å². The van der Waals surface area contributed by atoms with E-state index < -0.39 is 11.2 Å². The number of imide groups is 1. The molecule has 1 atom stereocenters. The van der Waals surface area contributed by atoms with Crippen molar-refractivity contribution < 1.29 is 19.5 Å². The van der Waals surface area contributed by atoms with Crippen molar-refractivity contribution in [2.24, 2.45) is 0 Å². The van der Waals surface area contributed by atoms with Crippen LogP contribution in [0.3, 0.4) is 0 Å². The first-order chi connectivity index (χ1) is 11.9. The van der Waals surface area contributed by atoms with Gasteiger partial charge in [-0.2, -0.15) is 0 Å². The zero-order valence-electron chi connectivity index (χ0n) is 13.7. The fourth-order valence-electron chi connectivity index (χ4n) is 2.68. The van der Waals surface area contributed by atoms with Gasteiger partial charge in [0.2, 0.25) is 11.8 Å². The number of nitrogens with zero attached hydrogens (tertiary/aromatic N) is 2. The second kappa shape index (κ2) is 6.68. The van der Waals surface area contributed by atoms with Crippen LogP contribution in [0.2, 0.25) is 0 Å². The van der Waals surface area contributed by atoms with E-state index in [1.807, 2.05) is 26.0 Å². The molecule has 2 aromatic rings. The Kier molecular flexibility index (Phi) is 4.59. The molecule has 0 unspecified atom stereocenters. The van der Waals surface area contributed by atoms with E-state index in [0.29, 0.717) is 5.69 Å². The first-order valence-corrected chi connectivity index (χ1v) is 8.53. The Morgan fingerprint density at radius 3 is 2.76 bits per heavy atom. The van der Waals surface area contributed by atoms with Crippen molar-refractivity contribution in [1.29, 1.82) is 0 Å². The molecule has 2 heterocycles. The van der Waals surface area contributed by atoms with Gasteiger partial charge in [0.25, 0.3) is 0 Å². The zero-order valence-corrected chi connectivity index (χ0v) is 14.5. The third-order valence-electron chi connectivity index (χ3n) is 3.96. The average Bonchev–Trinajstić information content (AvgIpc) is 2.84. The van der Waals surface area contributed by atoms with Gasteiger partial charge in [-0.05, 0) is 43.2 Å². The molecule has 0 saturated carbocycles. The highest BCUT2D eigenvalue weighted by atomic mass is 32.2. The first-order valence-electron chi connectivity index (χ1n) is 7.65. The van der Waals surface area contributed by atoms with Crippen molar-refractivity contribution in [3.63, 3.8) is 0 Å². The maximum absolute atomic E-state index is 12.8. The molecule has 6 nitrogen and oxygen atoms in total. The van der Waals surface area contributed by atoms with Crippen molar-refractivity contribution in [1.82, 2.24) is 4.98 Å². The number of hydrogen-bond acceptors (Lipinski definition) is 6. The maximum atomic E-state index is 12.8. The van der Waals surface area contributed by atoms with Gasteiger partial charge in [-0.3, -0.25) is 9.59 Å². The Morgan fingerprint density at radius 1 is 1.28 bits per heavy atom. The lowest BCUT2D eigenvalue weighted by Gasteiger charge is -2.18. The third kappa shape index (κ3) is 3.28. The SMILES string of the molecule is Cc1ccc(C)c(N2C(=O)C[C@H](Sc3ncccc3C(=O)[O-])C2=O)c1. The van der Waals surface area contributed by atoms with E-state index in [1.54, 1.807) is 6.07 Å². The van der Waals surface area contributed by atoms with Crippen LogP contribution in [-0.4, -0.2) is 28.0 Å². The highest BCUT2D eigenvalue weighted by Gasteiger charge is 2.41.